The standard InChI is InChI=1S/C21H18Cl3N3O6S/c22-11-6-13(23)17(14(24)7-11)19(29)25-12-3-1-10(2-4-12)5-15(20(30)31)26-18(28)16-8-34-9-27(16)21(32)33/h1-4,6-7,15-16H,5,8-9H2,(H,25,29)(H,26,28)(H,30,31)(H,32,33)/t15-,16+/m0/s1. The SMILES string of the molecule is O=C(Nc1ccc(C[C@H](NC(=O)[C@H]2CSCN2C(=O)O)C(=O)O)cc1)c1c(Cl)cc(Cl)cc1Cl. The van der Waals surface area contributed by atoms with E-state index in [4.69, 9.17) is 34.8 Å². The van der Waals surface area contributed by atoms with Gasteiger partial charge in [-0.1, -0.05) is 46.9 Å². The summed E-state index contributed by atoms with van der Waals surface area (Å²) in [5.41, 5.74) is 1.04. The second-order valence-electron chi connectivity index (χ2n) is 7.27. The Balaban J connectivity index is 1.65. The van der Waals surface area contributed by atoms with Crippen molar-refractivity contribution in [3.8, 4) is 0 Å². The van der Waals surface area contributed by atoms with Crippen LogP contribution in [0.25, 0.3) is 0 Å². The normalized spacial score (nSPS) is 16.1. The molecule has 0 spiro atoms. The molecule has 0 saturated carbocycles. The maximum atomic E-state index is 12.5. The smallest absolute Gasteiger partial charge is 0.408 e. The third kappa shape index (κ3) is 6.26. The number of carbonyl (C=O) groups is 4. The number of nitrogens with zero attached hydrogens (tertiary/aromatic N) is 1. The number of hydrogen-bond acceptors (Lipinski definition) is 5. The third-order valence-electron chi connectivity index (χ3n) is 4.93. The minimum absolute atomic E-state index is 0.0446. The summed E-state index contributed by atoms with van der Waals surface area (Å²) in [6.07, 6.45) is -1.28. The zero-order valence-electron chi connectivity index (χ0n) is 17.3. The summed E-state index contributed by atoms with van der Waals surface area (Å²) >= 11 is 19.3. The monoisotopic (exact) mass is 545 g/mol. The molecule has 2 aromatic carbocycles. The molecule has 1 aliphatic rings. The molecular weight excluding hydrogens is 529 g/mol. The summed E-state index contributed by atoms with van der Waals surface area (Å²) in [6.45, 7) is 0. The Morgan fingerprint density at radius 2 is 1.68 bits per heavy atom. The fourth-order valence-electron chi connectivity index (χ4n) is 3.23. The van der Waals surface area contributed by atoms with E-state index in [0.29, 0.717) is 16.3 Å². The van der Waals surface area contributed by atoms with Crippen molar-refractivity contribution in [3.05, 3.63) is 62.6 Å². The number of hydrogen-bond donors (Lipinski definition) is 4. The highest BCUT2D eigenvalue weighted by molar-refractivity contribution is 7.99. The Hall–Kier alpha value is -2.66. The van der Waals surface area contributed by atoms with Crippen LogP contribution in [-0.4, -0.2) is 62.7 Å². The van der Waals surface area contributed by atoms with Gasteiger partial charge < -0.3 is 20.8 Å². The van der Waals surface area contributed by atoms with Crippen molar-refractivity contribution in [2.24, 2.45) is 0 Å². The highest BCUT2D eigenvalue weighted by Crippen LogP contribution is 2.29. The molecule has 0 aliphatic carbocycles. The van der Waals surface area contributed by atoms with E-state index in [1.807, 2.05) is 0 Å². The molecule has 0 aromatic heterocycles. The van der Waals surface area contributed by atoms with Crippen LogP contribution in [0.3, 0.4) is 0 Å². The number of benzene rings is 2. The first-order chi connectivity index (χ1) is 16.1. The average Bonchev–Trinajstić information content (AvgIpc) is 3.24. The molecule has 1 aliphatic heterocycles. The summed E-state index contributed by atoms with van der Waals surface area (Å²) < 4.78 is 0. The second-order valence-corrected chi connectivity index (χ2v) is 9.52. The maximum absolute atomic E-state index is 12.5. The molecule has 34 heavy (non-hydrogen) atoms. The van der Waals surface area contributed by atoms with Gasteiger partial charge in [0.2, 0.25) is 5.91 Å². The molecule has 2 aromatic rings. The number of thioether (sulfide) groups is 1. The lowest BCUT2D eigenvalue weighted by atomic mass is 10.0. The molecular formula is C21H18Cl3N3O6S. The van der Waals surface area contributed by atoms with Crippen LogP contribution in [-0.2, 0) is 16.0 Å². The van der Waals surface area contributed by atoms with Crippen molar-refractivity contribution in [2.45, 2.75) is 18.5 Å². The third-order valence-corrected chi connectivity index (χ3v) is 6.76. The number of amides is 3. The van der Waals surface area contributed by atoms with E-state index in [9.17, 15) is 29.4 Å². The molecule has 13 heteroatoms. The van der Waals surface area contributed by atoms with Crippen molar-refractivity contribution in [2.75, 3.05) is 16.9 Å². The molecule has 0 radical (unpaired) electrons. The maximum Gasteiger partial charge on any atom is 0.408 e. The number of aliphatic carboxylic acids is 1. The first-order valence-corrected chi connectivity index (χ1v) is 12.0. The molecule has 3 amide bonds. The van der Waals surface area contributed by atoms with Crippen LogP contribution in [0.15, 0.2) is 36.4 Å². The van der Waals surface area contributed by atoms with Gasteiger partial charge in [-0.25, -0.2) is 9.59 Å². The lowest BCUT2D eigenvalue weighted by molar-refractivity contribution is -0.142. The first kappa shape index (κ1) is 26.0. The molecule has 0 bridgehead atoms. The summed E-state index contributed by atoms with van der Waals surface area (Å²) in [4.78, 5) is 48.9. The van der Waals surface area contributed by atoms with Crippen LogP contribution in [0, 0.1) is 0 Å². The zero-order chi connectivity index (χ0) is 25.0. The van der Waals surface area contributed by atoms with Crippen LogP contribution in [0.1, 0.15) is 15.9 Å². The molecule has 4 N–H and O–H groups in total. The molecule has 180 valence electrons. The Bertz CT molecular complexity index is 1110. The summed E-state index contributed by atoms with van der Waals surface area (Å²) in [5.74, 6) is -2.08. The van der Waals surface area contributed by atoms with Crippen molar-refractivity contribution >= 4 is 76.1 Å². The van der Waals surface area contributed by atoms with E-state index in [0.717, 1.165) is 4.90 Å². The van der Waals surface area contributed by atoms with E-state index in [-0.39, 0.29) is 33.7 Å². The van der Waals surface area contributed by atoms with Crippen LogP contribution >= 0.6 is 46.6 Å². The minimum Gasteiger partial charge on any atom is -0.480 e. The van der Waals surface area contributed by atoms with E-state index < -0.39 is 36.0 Å². The van der Waals surface area contributed by atoms with Crippen molar-refractivity contribution in [3.63, 3.8) is 0 Å². The van der Waals surface area contributed by atoms with Crippen molar-refractivity contribution in [1.29, 1.82) is 0 Å². The predicted octanol–water partition coefficient (Wildman–Crippen LogP) is 4.06. The molecule has 1 saturated heterocycles. The van der Waals surface area contributed by atoms with Gasteiger partial charge in [0.25, 0.3) is 5.91 Å². The van der Waals surface area contributed by atoms with Gasteiger partial charge in [-0.05, 0) is 29.8 Å². The lowest BCUT2D eigenvalue weighted by Crippen LogP contribution is -2.52. The highest BCUT2D eigenvalue weighted by atomic mass is 35.5. The van der Waals surface area contributed by atoms with Crippen LogP contribution in [0.4, 0.5) is 10.5 Å². The number of rotatable bonds is 7. The first-order valence-electron chi connectivity index (χ1n) is 9.72. The van der Waals surface area contributed by atoms with Crippen molar-refractivity contribution < 1.29 is 29.4 Å². The highest BCUT2D eigenvalue weighted by Gasteiger charge is 2.36. The van der Waals surface area contributed by atoms with Crippen molar-refractivity contribution in [1.82, 2.24) is 10.2 Å². The Kier molecular flexibility index (Phi) is 8.53. The molecule has 0 unspecified atom stereocenters. The number of nitrogens with one attached hydrogen (secondary N) is 2. The van der Waals surface area contributed by atoms with Gasteiger partial charge in [0, 0.05) is 22.9 Å². The summed E-state index contributed by atoms with van der Waals surface area (Å²) in [5, 5.41) is 24.2. The van der Waals surface area contributed by atoms with Gasteiger partial charge in [0.15, 0.2) is 0 Å². The number of carbonyl (C=O) groups excluding carboxylic acids is 2. The average molecular weight is 547 g/mol. The predicted molar refractivity (Wildman–Crippen MR) is 130 cm³/mol. The van der Waals surface area contributed by atoms with E-state index in [2.05, 4.69) is 10.6 Å². The molecule has 3 rings (SSSR count). The largest absolute Gasteiger partial charge is 0.480 e. The Morgan fingerprint density at radius 3 is 2.24 bits per heavy atom. The minimum atomic E-state index is -1.26. The quantitative estimate of drug-likeness (QED) is 0.411. The van der Waals surface area contributed by atoms with Gasteiger partial charge in [-0.15, -0.1) is 11.8 Å². The number of halogens is 3. The molecule has 9 nitrogen and oxygen atoms in total. The topological polar surface area (TPSA) is 136 Å². The second kappa shape index (κ2) is 11.2. The molecule has 1 fully saturated rings. The Morgan fingerprint density at radius 1 is 1.06 bits per heavy atom. The summed E-state index contributed by atoms with van der Waals surface area (Å²) in [7, 11) is 0. The summed E-state index contributed by atoms with van der Waals surface area (Å²) in [6, 6.07) is 6.89. The number of carboxylic acids is 1. The van der Waals surface area contributed by atoms with Gasteiger partial charge in [-0.3, -0.25) is 14.5 Å². The Labute approximate surface area is 213 Å². The fraction of sp³-hybridized carbons (Fsp3) is 0.238. The fourth-order valence-corrected chi connectivity index (χ4v) is 5.36. The molecule has 2 atom stereocenters. The van der Waals surface area contributed by atoms with Gasteiger partial charge in [0.1, 0.15) is 12.1 Å². The zero-order valence-corrected chi connectivity index (χ0v) is 20.3. The van der Waals surface area contributed by atoms with Gasteiger partial charge in [-0.2, -0.15) is 0 Å². The van der Waals surface area contributed by atoms with Crippen LogP contribution in [0.2, 0.25) is 15.1 Å². The lowest BCUT2D eigenvalue weighted by Gasteiger charge is -2.22. The number of carboxylic acid groups (broad SMARTS) is 2. The van der Waals surface area contributed by atoms with E-state index in [1.54, 1.807) is 24.3 Å². The number of anilines is 1. The van der Waals surface area contributed by atoms with E-state index >= 15 is 0 Å². The van der Waals surface area contributed by atoms with Gasteiger partial charge >= 0.3 is 12.1 Å². The van der Waals surface area contributed by atoms with E-state index in [1.165, 1.54) is 23.9 Å². The molecule has 1 heterocycles. The van der Waals surface area contributed by atoms with Gasteiger partial charge in [0.05, 0.1) is 21.5 Å². The van der Waals surface area contributed by atoms with Crippen LogP contribution in [0.5, 0.6) is 0 Å². The van der Waals surface area contributed by atoms with Crippen LogP contribution < -0.4 is 10.6 Å².